The number of esters is 1. The van der Waals surface area contributed by atoms with Crippen molar-refractivity contribution in [2.75, 3.05) is 45.9 Å². The summed E-state index contributed by atoms with van der Waals surface area (Å²) in [5.41, 5.74) is 1.70. The minimum atomic E-state index is 0.0176. The number of rotatable bonds is 5. The highest BCUT2D eigenvalue weighted by Gasteiger charge is 2.54. The molecule has 1 N–H and O–H groups in total. The fourth-order valence-corrected chi connectivity index (χ4v) is 5.81. The van der Waals surface area contributed by atoms with E-state index in [1.165, 1.54) is 18.4 Å². The summed E-state index contributed by atoms with van der Waals surface area (Å²) >= 11 is 0. The second-order valence-corrected chi connectivity index (χ2v) is 9.06. The molecule has 5 heteroatoms. The van der Waals surface area contributed by atoms with Crippen molar-refractivity contribution in [3.8, 4) is 0 Å². The predicted molar refractivity (Wildman–Crippen MR) is 101 cm³/mol. The summed E-state index contributed by atoms with van der Waals surface area (Å²) in [5.74, 6) is 0.977. The molecule has 0 amide bonds. The summed E-state index contributed by atoms with van der Waals surface area (Å²) in [4.78, 5) is 14.9. The van der Waals surface area contributed by atoms with Gasteiger partial charge in [0.15, 0.2) is 0 Å². The minimum Gasteiger partial charge on any atom is -0.462 e. The van der Waals surface area contributed by atoms with Crippen molar-refractivity contribution in [2.24, 2.45) is 23.2 Å². The fraction of sp³-hybridized carbons (Fsp3) is 0.857. The van der Waals surface area contributed by atoms with Crippen molar-refractivity contribution in [3.05, 3.63) is 12.2 Å². The zero-order valence-electron chi connectivity index (χ0n) is 16.2. The molecule has 2 aliphatic carbocycles. The zero-order valence-corrected chi connectivity index (χ0v) is 16.2. The predicted octanol–water partition coefficient (Wildman–Crippen LogP) is 2.22. The maximum Gasteiger partial charge on any atom is 0.310 e. The molecule has 2 saturated carbocycles. The average Bonchev–Trinajstić information content (AvgIpc) is 2.92. The summed E-state index contributed by atoms with van der Waals surface area (Å²) in [7, 11) is 0. The van der Waals surface area contributed by atoms with E-state index in [1.54, 1.807) is 0 Å². The van der Waals surface area contributed by atoms with Gasteiger partial charge in [0.05, 0.1) is 19.1 Å². The van der Waals surface area contributed by atoms with Gasteiger partial charge >= 0.3 is 5.97 Å². The van der Waals surface area contributed by atoms with Crippen LogP contribution in [-0.2, 0) is 14.3 Å². The van der Waals surface area contributed by atoms with Crippen LogP contribution in [0.4, 0.5) is 0 Å². The first-order chi connectivity index (χ1) is 12.6. The van der Waals surface area contributed by atoms with Gasteiger partial charge in [-0.3, -0.25) is 9.69 Å². The number of hydrogen-bond donors (Lipinski definition) is 1. The Morgan fingerprint density at radius 3 is 2.96 bits per heavy atom. The molecule has 26 heavy (non-hydrogen) atoms. The molecular formula is C21H34N2O3. The highest BCUT2D eigenvalue weighted by atomic mass is 16.6. The molecule has 0 aromatic heterocycles. The van der Waals surface area contributed by atoms with Gasteiger partial charge in [0.25, 0.3) is 0 Å². The number of carbonyl (C=O) groups is 1. The number of nitrogens with one attached hydrogen (secondary N) is 1. The maximum absolute atomic E-state index is 12.5. The Balaban J connectivity index is 1.31. The van der Waals surface area contributed by atoms with Crippen molar-refractivity contribution >= 4 is 5.97 Å². The molecule has 146 valence electrons. The standard InChI is InChI=1S/C21H34N2O3/c1-15-4-3-5-21(2)13-19-16(12-18(15)21)17(20(24)26-19)14-22-6-7-23-8-10-25-11-9-23/h16-19,22H,1,3-14H2,2H3/t16-,17+,18-,19-,21-/m1/s1. The lowest BCUT2D eigenvalue weighted by atomic mass is 9.55. The van der Waals surface area contributed by atoms with Gasteiger partial charge in [0.1, 0.15) is 6.10 Å². The molecule has 4 rings (SSSR count). The van der Waals surface area contributed by atoms with Crippen LogP contribution in [0.15, 0.2) is 12.2 Å². The van der Waals surface area contributed by atoms with E-state index in [1.807, 2.05) is 0 Å². The Morgan fingerprint density at radius 1 is 1.35 bits per heavy atom. The molecule has 5 atom stereocenters. The highest BCUT2D eigenvalue weighted by molar-refractivity contribution is 5.75. The van der Waals surface area contributed by atoms with Gasteiger partial charge in [-0.25, -0.2) is 0 Å². The van der Waals surface area contributed by atoms with Gasteiger partial charge in [-0.15, -0.1) is 0 Å². The van der Waals surface area contributed by atoms with Crippen LogP contribution >= 0.6 is 0 Å². The molecule has 0 radical (unpaired) electrons. The smallest absolute Gasteiger partial charge is 0.310 e. The normalized spacial score (nSPS) is 40.8. The van der Waals surface area contributed by atoms with Crippen molar-refractivity contribution in [1.29, 1.82) is 0 Å². The molecule has 5 nitrogen and oxygen atoms in total. The number of morpholine rings is 1. The number of carbonyl (C=O) groups excluding carboxylic acids is 1. The molecule has 4 fully saturated rings. The molecule has 0 aromatic carbocycles. The Bertz CT molecular complexity index is 545. The first-order valence-corrected chi connectivity index (χ1v) is 10.5. The SMILES string of the molecule is C=C1CCC[C@]2(C)C[C@H]3OC(=O)[C@@H](CNCCN4CCOCC4)[C@H]3C[C@H]12. The first kappa shape index (κ1) is 18.5. The van der Waals surface area contributed by atoms with Crippen LogP contribution in [0.2, 0.25) is 0 Å². The van der Waals surface area contributed by atoms with Gasteiger partial charge in [-0.05, 0) is 43.4 Å². The highest BCUT2D eigenvalue weighted by Crippen LogP contribution is 2.56. The maximum atomic E-state index is 12.5. The topological polar surface area (TPSA) is 50.8 Å². The third-order valence-electron chi connectivity index (χ3n) is 7.39. The Labute approximate surface area is 157 Å². The number of ether oxygens (including phenoxy) is 2. The second-order valence-electron chi connectivity index (χ2n) is 9.06. The minimum absolute atomic E-state index is 0.0176. The summed E-state index contributed by atoms with van der Waals surface area (Å²) < 4.78 is 11.2. The van der Waals surface area contributed by atoms with Gasteiger partial charge in [-0.1, -0.05) is 19.1 Å². The summed E-state index contributed by atoms with van der Waals surface area (Å²) in [6, 6.07) is 0. The number of hydrogen-bond acceptors (Lipinski definition) is 5. The third kappa shape index (κ3) is 3.58. The fourth-order valence-electron chi connectivity index (χ4n) is 5.81. The molecule has 0 aromatic rings. The lowest BCUT2D eigenvalue weighted by Crippen LogP contribution is -2.46. The average molecular weight is 363 g/mol. The lowest BCUT2D eigenvalue weighted by Gasteiger charge is -2.50. The molecule has 4 aliphatic rings. The van der Waals surface area contributed by atoms with Crippen LogP contribution in [0.25, 0.3) is 0 Å². The Hall–Kier alpha value is -0.910. The molecule has 0 unspecified atom stereocenters. The quantitative estimate of drug-likeness (QED) is 0.462. The Kier molecular flexibility index (Phi) is 5.40. The molecule has 2 saturated heterocycles. The van der Waals surface area contributed by atoms with Gasteiger partial charge in [0, 0.05) is 38.6 Å². The van der Waals surface area contributed by atoms with E-state index in [9.17, 15) is 4.79 Å². The first-order valence-electron chi connectivity index (χ1n) is 10.5. The van der Waals surface area contributed by atoms with E-state index in [0.29, 0.717) is 11.8 Å². The van der Waals surface area contributed by atoms with E-state index in [4.69, 9.17) is 9.47 Å². The van der Waals surface area contributed by atoms with Crippen LogP contribution in [0.1, 0.15) is 39.0 Å². The summed E-state index contributed by atoms with van der Waals surface area (Å²) in [6.45, 7) is 13.2. The Morgan fingerprint density at radius 2 is 2.15 bits per heavy atom. The van der Waals surface area contributed by atoms with Crippen LogP contribution in [0.3, 0.4) is 0 Å². The van der Waals surface area contributed by atoms with Crippen LogP contribution < -0.4 is 5.32 Å². The number of allylic oxidation sites excluding steroid dienone is 1. The van der Waals surface area contributed by atoms with E-state index in [-0.39, 0.29) is 23.4 Å². The molecular weight excluding hydrogens is 328 g/mol. The van der Waals surface area contributed by atoms with Crippen molar-refractivity contribution in [3.63, 3.8) is 0 Å². The number of nitrogens with zero attached hydrogens (tertiary/aromatic N) is 1. The van der Waals surface area contributed by atoms with Crippen LogP contribution in [-0.4, -0.2) is 62.9 Å². The van der Waals surface area contributed by atoms with Gasteiger partial charge in [0.2, 0.25) is 0 Å². The monoisotopic (exact) mass is 362 g/mol. The van der Waals surface area contributed by atoms with Crippen molar-refractivity contribution in [1.82, 2.24) is 10.2 Å². The van der Waals surface area contributed by atoms with Crippen LogP contribution in [0.5, 0.6) is 0 Å². The summed E-state index contributed by atoms with van der Waals surface area (Å²) in [6.07, 6.45) is 5.89. The lowest BCUT2D eigenvalue weighted by molar-refractivity contribution is -0.146. The second kappa shape index (κ2) is 7.61. The molecule has 0 spiro atoms. The van der Waals surface area contributed by atoms with Crippen molar-refractivity contribution < 1.29 is 14.3 Å². The zero-order chi connectivity index (χ0) is 18.1. The molecule has 2 aliphatic heterocycles. The van der Waals surface area contributed by atoms with E-state index in [2.05, 4.69) is 23.7 Å². The third-order valence-corrected chi connectivity index (χ3v) is 7.39. The molecule has 2 heterocycles. The van der Waals surface area contributed by atoms with Crippen molar-refractivity contribution in [2.45, 2.75) is 45.1 Å². The number of fused-ring (bicyclic) bond motifs is 2. The van der Waals surface area contributed by atoms with E-state index < -0.39 is 0 Å². The van der Waals surface area contributed by atoms with E-state index >= 15 is 0 Å². The van der Waals surface area contributed by atoms with Gasteiger partial charge in [-0.2, -0.15) is 0 Å². The summed E-state index contributed by atoms with van der Waals surface area (Å²) in [5, 5.41) is 3.53. The molecule has 0 bridgehead atoms. The van der Waals surface area contributed by atoms with E-state index in [0.717, 1.165) is 65.2 Å². The van der Waals surface area contributed by atoms with Gasteiger partial charge < -0.3 is 14.8 Å². The largest absolute Gasteiger partial charge is 0.462 e. The van der Waals surface area contributed by atoms with Crippen LogP contribution in [0, 0.1) is 23.2 Å².